The molecular weight excluding hydrogens is 687 g/mol. The van der Waals surface area contributed by atoms with E-state index in [1.165, 1.54) is 6.92 Å². The van der Waals surface area contributed by atoms with E-state index in [1.54, 1.807) is 57.0 Å². The largest absolute Gasteiger partial charge is 0.493 e. The van der Waals surface area contributed by atoms with Crippen molar-refractivity contribution in [2.45, 2.75) is 50.7 Å². The number of aryl methyl sites for hydroxylation is 2. The number of para-hydroxylation sites is 2. The Morgan fingerprint density at radius 3 is 2.37 bits per heavy atom. The van der Waals surface area contributed by atoms with Crippen LogP contribution >= 0.6 is 23.5 Å². The minimum atomic E-state index is -0.698. The van der Waals surface area contributed by atoms with Crippen molar-refractivity contribution < 1.29 is 23.8 Å². The van der Waals surface area contributed by atoms with Crippen molar-refractivity contribution in [3.63, 3.8) is 0 Å². The van der Waals surface area contributed by atoms with Crippen LogP contribution in [0, 0.1) is 0 Å². The Bertz CT molecular complexity index is 1950. The highest BCUT2D eigenvalue weighted by Crippen LogP contribution is 2.50. The summed E-state index contributed by atoms with van der Waals surface area (Å²) in [5, 5.41) is 9.63. The lowest BCUT2D eigenvalue weighted by molar-refractivity contribution is -0.123. The van der Waals surface area contributed by atoms with Crippen molar-refractivity contribution in [2.75, 3.05) is 50.7 Å². The van der Waals surface area contributed by atoms with Gasteiger partial charge in [-0.25, -0.2) is 4.98 Å². The zero-order valence-electron chi connectivity index (χ0n) is 30.3. The Morgan fingerprint density at radius 1 is 0.980 bits per heavy atom. The van der Waals surface area contributed by atoms with Crippen molar-refractivity contribution in [3.8, 4) is 28.4 Å². The summed E-state index contributed by atoms with van der Waals surface area (Å²) < 4.78 is 19.3. The highest BCUT2D eigenvalue weighted by molar-refractivity contribution is 7.98. The molecule has 1 aliphatic rings. The molecule has 272 valence electrons. The molecule has 3 N–H and O–H groups in total. The van der Waals surface area contributed by atoms with Gasteiger partial charge in [0, 0.05) is 19.5 Å². The van der Waals surface area contributed by atoms with Gasteiger partial charge in [-0.3, -0.25) is 14.4 Å². The Labute approximate surface area is 307 Å². The monoisotopic (exact) mass is 733 g/mol. The fourth-order valence-electron chi connectivity index (χ4n) is 6.77. The van der Waals surface area contributed by atoms with Gasteiger partial charge < -0.3 is 34.7 Å². The third kappa shape index (κ3) is 8.25. The second-order valence-corrected chi connectivity index (χ2v) is 14.4. The van der Waals surface area contributed by atoms with Crippen molar-refractivity contribution >= 4 is 52.1 Å². The number of nitrogens with one attached hydrogen (secondary N) is 3. The van der Waals surface area contributed by atoms with Gasteiger partial charge in [-0.2, -0.15) is 23.5 Å². The molecule has 1 aromatic heterocycles. The number of benzene rings is 2. The fourth-order valence-corrected chi connectivity index (χ4v) is 7.71. The normalized spacial score (nSPS) is 14.8. The summed E-state index contributed by atoms with van der Waals surface area (Å²) >= 11 is 3.34. The predicted octanol–water partition coefficient (Wildman–Crippen LogP) is 5.89. The number of anilines is 1. The van der Waals surface area contributed by atoms with Crippen LogP contribution in [-0.2, 0) is 23.1 Å². The summed E-state index contributed by atoms with van der Waals surface area (Å²) in [6.07, 6.45) is 6.35. The van der Waals surface area contributed by atoms with E-state index in [0.29, 0.717) is 59.8 Å². The van der Waals surface area contributed by atoms with E-state index in [0.717, 1.165) is 33.7 Å². The average molecular weight is 734 g/mol. The number of aromatic nitrogens is 2. The first kappa shape index (κ1) is 37.9. The third-order valence-corrected chi connectivity index (χ3v) is 10.5. The third-order valence-electron chi connectivity index (χ3n) is 9.23. The second kappa shape index (κ2) is 17.2. The molecule has 5 rings (SSSR count). The maximum atomic E-state index is 14.2. The summed E-state index contributed by atoms with van der Waals surface area (Å²) in [7, 11) is 6.66. The van der Waals surface area contributed by atoms with E-state index in [2.05, 4.69) is 16.0 Å². The molecule has 1 heterocycles. The zero-order chi connectivity index (χ0) is 36.7. The van der Waals surface area contributed by atoms with Crippen LogP contribution in [0.3, 0.4) is 0 Å². The van der Waals surface area contributed by atoms with Crippen LogP contribution in [0.4, 0.5) is 5.69 Å². The van der Waals surface area contributed by atoms with E-state index in [9.17, 15) is 14.4 Å². The van der Waals surface area contributed by atoms with Gasteiger partial charge in [0.25, 0.3) is 0 Å². The molecule has 3 aromatic carbocycles. The number of fused-ring (bicyclic) bond motifs is 4. The zero-order valence-corrected chi connectivity index (χ0v) is 31.9. The quantitative estimate of drug-likeness (QED) is 0.136. The molecule has 0 unspecified atom stereocenters. The number of hydrogen-bond donors (Lipinski definition) is 3. The van der Waals surface area contributed by atoms with E-state index >= 15 is 0 Å². The lowest BCUT2D eigenvalue weighted by atomic mass is 9.95. The Morgan fingerprint density at radius 2 is 1.71 bits per heavy atom. The van der Waals surface area contributed by atoms with Gasteiger partial charge in [-0.15, -0.1) is 0 Å². The maximum Gasteiger partial charge on any atom is 0.243 e. The molecule has 51 heavy (non-hydrogen) atoms. The minimum absolute atomic E-state index is 0.207. The Hall–Kier alpha value is -4.36. The van der Waals surface area contributed by atoms with Crippen molar-refractivity contribution in [3.05, 3.63) is 75.7 Å². The van der Waals surface area contributed by atoms with E-state index < -0.39 is 12.1 Å². The predicted molar refractivity (Wildman–Crippen MR) is 208 cm³/mol. The SMILES string of the molecule is COc1cc2c(c(OC)c1OC)-c1ccc(N[C@H](CCSC)C(=O)N[C@H](CCSC)c3nc4ccccc4n3C)c(=O)cc1[C@H](NC(C)=O)CC2. The molecule has 13 heteroatoms. The number of carbonyl (C=O) groups is 2. The number of rotatable bonds is 15. The first-order valence-electron chi connectivity index (χ1n) is 16.9. The van der Waals surface area contributed by atoms with Gasteiger partial charge >= 0.3 is 0 Å². The number of amides is 2. The smallest absolute Gasteiger partial charge is 0.243 e. The molecule has 0 aliphatic heterocycles. The molecule has 3 atom stereocenters. The van der Waals surface area contributed by atoms with Crippen molar-refractivity contribution in [1.29, 1.82) is 0 Å². The van der Waals surface area contributed by atoms with Crippen LogP contribution in [0.1, 0.15) is 55.2 Å². The molecule has 1 aliphatic carbocycles. The molecule has 4 aromatic rings. The molecule has 11 nitrogen and oxygen atoms in total. The van der Waals surface area contributed by atoms with Crippen LogP contribution in [0.5, 0.6) is 17.2 Å². The number of hydrogen-bond acceptors (Lipinski definition) is 10. The molecule has 2 amide bonds. The Kier molecular flexibility index (Phi) is 12.8. The topological polar surface area (TPSA) is 133 Å². The molecular formula is C38H47N5O6S2. The summed E-state index contributed by atoms with van der Waals surface area (Å²) in [6, 6.07) is 13.5. The number of carbonyl (C=O) groups excluding carboxylic acids is 2. The first-order chi connectivity index (χ1) is 24.6. The van der Waals surface area contributed by atoms with Gasteiger partial charge in [-0.05, 0) is 96.7 Å². The second-order valence-electron chi connectivity index (χ2n) is 12.4. The lowest BCUT2D eigenvalue weighted by Crippen LogP contribution is -2.43. The van der Waals surface area contributed by atoms with Crippen LogP contribution in [0.25, 0.3) is 22.2 Å². The molecule has 0 fully saturated rings. The summed E-state index contributed by atoms with van der Waals surface area (Å²) in [5.41, 5.74) is 4.89. The highest BCUT2D eigenvalue weighted by Gasteiger charge is 2.30. The Balaban J connectivity index is 1.56. The minimum Gasteiger partial charge on any atom is -0.493 e. The molecule has 0 spiro atoms. The van der Waals surface area contributed by atoms with Gasteiger partial charge in [0.15, 0.2) is 11.5 Å². The van der Waals surface area contributed by atoms with Crippen LogP contribution in [0.2, 0.25) is 0 Å². The van der Waals surface area contributed by atoms with Gasteiger partial charge in [-0.1, -0.05) is 18.2 Å². The van der Waals surface area contributed by atoms with Crippen LogP contribution < -0.4 is 35.6 Å². The maximum absolute atomic E-state index is 14.2. The summed E-state index contributed by atoms with van der Waals surface area (Å²) in [4.78, 5) is 45.5. The van der Waals surface area contributed by atoms with E-state index in [1.807, 2.05) is 60.5 Å². The van der Waals surface area contributed by atoms with Crippen LogP contribution in [0.15, 0.2) is 53.3 Å². The average Bonchev–Trinajstić information content (AvgIpc) is 3.28. The summed E-state index contributed by atoms with van der Waals surface area (Å²) in [6.45, 7) is 1.47. The number of ether oxygens (including phenoxy) is 3. The lowest BCUT2D eigenvalue weighted by Gasteiger charge is -2.23. The molecule has 0 radical (unpaired) electrons. The standard InChI is InChI=1S/C38H47N5O6S2/c1-22(44)39-26-14-12-23-20-33(47-3)35(48-4)36(49-5)34(23)24-13-15-28(32(45)21-25(24)26)40-30(17-19-51-7)38(46)42-29(16-18-50-6)37-41-27-10-8-9-11-31(27)43(37)2/h8-11,13,15,20-21,26,29-30H,12,14,16-19H2,1-7H3,(H,39,44)(H,40,45)(H,42,46)/t26-,29-,30-/m1/s1. The van der Waals surface area contributed by atoms with Gasteiger partial charge in [0.1, 0.15) is 11.9 Å². The van der Waals surface area contributed by atoms with E-state index in [-0.39, 0.29) is 29.0 Å². The highest BCUT2D eigenvalue weighted by atomic mass is 32.2. The van der Waals surface area contributed by atoms with Crippen molar-refractivity contribution in [2.24, 2.45) is 7.05 Å². The number of imidazole rings is 1. The number of thioether (sulfide) groups is 2. The summed E-state index contributed by atoms with van der Waals surface area (Å²) in [5.74, 6) is 3.32. The number of nitrogens with zero attached hydrogens (tertiary/aromatic N) is 2. The van der Waals surface area contributed by atoms with Gasteiger partial charge in [0.2, 0.25) is 23.0 Å². The molecule has 0 saturated carbocycles. The molecule has 0 bridgehead atoms. The van der Waals surface area contributed by atoms with E-state index in [4.69, 9.17) is 19.2 Å². The fraction of sp³-hybridized carbons (Fsp3) is 0.421. The van der Waals surface area contributed by atoms with Gasteiger partial charge in [0.05, 0.1) is 50.1 Å². The van der Waals surface area contributed by atoms with Crippen LogP contribution in [-0.4, -0.2) is 72.8 Å². The number of methoxy groups -OCH3 is 3. The first-order valence-corrected chi connectivity index (χ1v) is 19.7. The molecule has 0 saturated heterocycles. The van der Waals surface area contributed by atoms with Crippen molar-refractivity contribution in [1.82, 2.24) is 20.2 Å².